The van der Waals surface area contributed by atoms with Crippen LogP contribution in [0.15, 0.2) is 133 Å². The number of aryl methyl sites for hydroxylation is 1. The number of esters is 5. The molecular weight excluding hydrogens is 1340 g/mol. The van der Waals surface area contributed by atoms with Gasteiger partial charge in [0.15, 0.2) is 0 Å². The van der Waals surface area contributed by atoms with Gasteiger partial charge in [0.25, 0.3) is 0 Å². The maximum atomic E-state index is 12.7. The lowest BCUT2D eigenvalue weighted by Crippen LogP contribution is -2.39. The first-order chi connectivity index (χ1) is 50.6. The molecule has 0 N–H and O–H groups in total. The minimum Gasteiger partial charge on any atom is -0.454 e. The molecule has 598 valence electrons. The maximum Gasteiger partial charge on any atom is 0.312 e. The van der Waals surface area contributed by atoms with E-state index in [-0.39, 0.29) is 46.3 Å². The van der Waals surface area contributed by atoms with E-state index in [0.717, 1.165) is 188 Å². The van der Waals surface area contributed by atoms with Crippen molar-refractivity contribution in [3.05, 3.63) is 178 Å². The number of hydrogen-bond donors (Lipinski definition) is 0. The first kappa shape index (κ1) is 90.3. The van der Waals surface area contributed by atoms with Gasteiger partial charge >= 0.3 is 29.8 Å². The van der Waals surface area contributed by atoms with Gasteiger partial charge in [-0.15, -0.1) is 0 Å². The Hall–Kier alpha value is -6.55. The van der Waals surface area contributed by atoms with E-state index in [4.69, 9.17) is 23.7 Å². The van der Waals surface area contributed by atoms with Crippen LogP contribution in [-0.4, -0.2) is 29.8 Å². The lowest BCUT2D eigenvalue weighted by atomic mass is 9.77. The van der Waals surface area contributed by atoms with E-state index in [1.54, 1.807) is 0 Å². The molecule has 10 rings (SSSR count). The third-order valence-electron chi connectivity index (χ3n) is 25.4. The molecule has 10 heteroatoms. The van der Waals surface area contributed by atoms with Crippen molar-refractivity contribution >= 4 is 29.8 Å². The van der Waals surface area contributed by atoms with Crippen molar-refractivity contribution in [1.82, 2.24) is 0 Å². The molecule has 0 bridgehead atoms. The molecule has 5 aromatic carbocycles. The third kappa shape index (κ3) is 24.0. The van der Waals surface area contributed by atoms with E-state index in [0.29, 0.717) is 0 Å². The van der Waals surface area contributed by atoms with E-state index < -0.39 is 49.5 Å². The van der Waals surface area contributed by atoms with Crippen LogP contribution in [0, 0.1) is 34.0 Å². The maximum absolute atomic E-state index is 12.7. The zero-order valence-electron chi connectivity index (χ0n) is 71.8. The minimum atomic E-state index is -0.432. The quantitative estimate of drug-likeness (QED) is 0.0548. The minimum absolute atomic E-state index is 0.0561. The summed E-state index contributed by atoms with van der Waals surface area (Å²) in [5, 5.41) is 0. The molecule has 5 aromatic rings. The second-order valence-corrected chi connectivity index (χ2v) is 37.8. The second kappa shape index (κ2) is 38.6. The summed E-state index contributed by atoms with van der Waals surface area (Å²) < 4.78 is 30.6. The molecule has 5 aliphatic rings. The van der Waals surface area contributed by atoms with E-state index in [9.17, 15) is 24.0 Å². The molecule has 5 aliphatic carbocycles. The number of hydrogen-bond acceptors (Lipinski definition) is 10. The van der Waals surface area contributed by atoms with Crippen LogP contribution in [0.25, 0.3) is 0 Å². The summed E-state index contributed by atoms with van der Waals surface area (Å²) in [5.74, 6) is -0.323. The molecule has 0 unspecified atom stereocenters. The molecule has 5 fully saturated rings. The number of carbonyl (C=O) groups excluding carboxylic acids is 5. The Morgan fingerprint density at radius 2 is 0.417 bits per heavy atom. The van der Waals surface area contributed by atoms with E-state index >= 15 is 0 Å². The van der Waals surface area contributed by atoms with Crippen LogP contribution < -0.4 is 0 Å². The predicted octanol–water partition coefficient (Wildman–Crippen LogP) is 26.6. The molecule has 5 saturated carbocycles. The summed E-state index contributed by atoms with van der Waals surface area (Å²) in [6, 6.07) is 46.5. The fraction of sp³-hybridized carbons (Fsp3) is 0.643. The fourth-order valence-corrected chi connectivity index (χ4v) is 14.9. The van der Waals surface area contributed by atoms with Crippen LogP contribution in [0.4, 0.5) is 0 Å². The molecule has 0 radical (unpaired) electrons. The van der Waals surface area contributed by atoms with Gasteiger partial charge in [-0.2, -0.15) is 0 Å². The summed E-state index contributed by atoms with van der Waals surface area (Å²) in [6.07, 6.45) is 29.8. The summed E-state index contributed by atoms with van der Waals surface area (Å²) in [6.45, 7) is 45.3. The molecule has 0 saturated heterocycles. The first-order valence-electron chi connectivity index (χ1n) is 42.2. The van der Waals surface area contributed by atoms with Crippen molar-refractivity contribution in [2.24, 2.45) is 27.1 Å². The number of rotatable bonds is 20. The van der Waals surface area contributed by atoms with Crippen LogP contribution in [0.3, 0.4) is 0 Å². The van der Waals surface area contributed by atoms with Crippen LogP contribution in [0.5, 0.6) is 0 Å². The molecule has 10 nitrogen and oxygen atoms in total. The lowest BCUT2D eigenvalue weighted by molar-refractivity contribution is -0.176. The molecule has 0 amide bonds. The third-order valence-corrected chi connectivity index (χ3v) is 25.4. The number of carbonyl (C=O) groups is 5. The standard InChI is InChI=1S/C22H34O2.C21H32O2.C20H30O2.C18H26O2.C17H24O2/c1-7-21(5,6)19(23)24-22(15-9-8-10-16-22)18-13-11-17(12-14-18)20(2,3)4;1-7-20(5,6)18(22)23-21(14-8-9-15-21)17-12-10-16(11-13-17)19(2,3)4;1-4-19(2,3)18(21)22-20(17-13-9-8-10-14-17)15-11-6-5-7-12-16-20;1-5-17(3,4)16(19)20-18(12-6-7-13-18)15-10-8-14(2)9-11-15;1-4-16(2,3)15(18)19-17(12-8-9-13-17)14-10-6-5-7-11-14/h11-14H,7-10,15-16H2,1-6H3;10-13H,7-9,14-15H2,1-6H3;8-10,13-14H,4-7,11-12,15-16H2,1-3H3;8-11H,5-7,12-13H2,1-4H3;5-7,10-11H,4,8-9,12-13H2,1-3H3. The number of benzene rings is 5. The lowest BCUT2D eigenvalue weighted by Gasteiger charge is -2.39. The van der Waals surface area contributed by atoms with E-state index in [1.165, 1.54) is 42.4 Å². The molecule has 108 heavy (non-hydrogen) atoms. The topological polar surface area (TPSA) is 132 Å². The normalized spacial score (nSPS) is 18.3. The van der Waals surface area contributed by atoms with Gasteiger partial charge < -0.3 is 23.7 Å². The van der Waals surface area contributed by atoms with Crippen molar-refractivity contribution < 1.29 is 47.7 Å². The Kier molecular flexibility index (Phi) is 32.3. The summed E-state index contributed by atoms with van der Waals surface area (Å²) >= 11 is 0. The Balaban J connectivity index is 0.000000212. The molecule has 0 aromatic heterocycles. The highest BCUT2D eigenvalue weighted by molar-refractivity contribution is 5.79. The molecule has 0 heterocycles. The van der Waals surface area contributed by atoms with Gasteiger partial charge in [0.05, 0.1) is 27.1 Å². The van der Waals surface area contributed by atoms with Gasteiger partial charge in [-0.05, 0) is 286 Å². The largest absolute Gasteiger partial charge is 0.454 e. The summed E-state index contributed by atoms with van der Waals surface area (Å²) in [4.78, 5) is 63.0. The van der Waals surface area contributed by atoms with Crippen LogP contribution in [0.1, 0.15) is 376 Å². The van der Waals surface area contributed by atoms with E-state index in [2.05, 4.69) is 165 Å². The summed E-state index contributed by atoms with van der Waals surface area (Å²) in [7, 11) is 0. The van der Waals surface area contributed by atoms with Crippen molar-refractivity contribution in [3.8, 4) is 0 Å². The van der Waals surface area contributed by atoms with E-state index in [1.807, 2.05) is 121 Å². The highest BCUT2D eigenvalue weighted by Gasteiger charge is 2.47. The van der Waals surface area contributed by atoms with Crippen molar-refractivity contribution in [1.29, 1.82) is 0 Å². The highest BCUT2D eigenvalue weighted by Crippen LogP contribution is 2.49. The molecule has 0 atom stereocenters. The molecule has 0 spiro atoms. The number of ether oxygens (including phenoxy) is 5. The van der Waals surface area contributed by atoms with Gasteiger partial charge in [-0.25, -0.2) is 0 Å². The Morgan fingerprint density at radius 1 is 0.250 bits per heavy atom. The van der Waals surface area contributed by atoms with Crippen molar-refractivity contribution in [3.63, 3.8) is 0 Å². The van der Waals surface area contributed by atoms with Crippen LogP contribution >= 0.6 is 0 Å². The SMILES string of the molecule is CCC(C)(C)C(=O)OC1(c2ccc(C(C)(C)C)cc2)CCCC1.CCC(C)(C)C(=O)OC1(c2ccc(C(C)(C)C)cc2)CCCCC1.CCC(C)(C)C(=O)OC1(c2ccc(C)cc2)CCCC1.CCC(C)(C)C(=O)OC1(c2ccccc2)CCCC1.CCC(C)(C)C(=O)OC1(c2ccccc2)CCCCCCC1. The van der Waals surface area contributed by atoms with Gasteiger partial charge in [-0.1, -0.05) is 241 Å². The van der Waals surface area contributed by atoms with Gasteiger partial charge in [-0.3, -0.25) is 24.0 Å². The Labute approximate surface area is 656 Å². The zero-order chi connectivity index (χ0) is 80.1. The smallest absolute Gasteiger partial charge is 0.312 e. The van der Waals surface area contributed by atoms with Gasteiger partial charge in [0.2, 0.25) is 0 Å². The fourth-order valence-electron chi connectivity index (χ4n) is 14.9. The zero-order valence-corrected chi connectivity index (χ0v) is 71.8. The van der Waals surface area contributed by atoms with Crippen molar-refractivity contribution in [2.45, 2.75) is 377 Å². The predicted molar refractivity (Wildman–Crippen MR) is 444 cm³/mol. The second-order valence-electron chi connectivity index (χ2n) is 37.8. The molecule has 0 aliphatic heterocycles. The Morgan fingerprint density at radius 3 is 0.611 bits per heavy atom. The van der Waals surface area contributed by atoms with Gasteiger partial charge in [0, 0.05) is 0 Å². The monoisotopic (exact) mass is 1480 g/mol. The average molecular weight is 1480 g/mol. The van der Waals surface area contributed by atoms with Gasteiger partial charge in [0.1, 0.15) is 28.0 Å². The first-order valence-corrected chi connectivity index (χ1v) is 42.2. The average Bonchev–Trinajstić information content (AvgIpc) is 1.45. The summed E-state index contributed by atoms with van der Waals surface area (Å²) in [5.41, 5.74) is 5.83. The van der Waals surface area contributed by atoms with Crippen molar-refractivity contribution in [2.75, 3.05) is 0 Å². The molecular formula is C98H146O10. The highest BCUT2D eigenvalue weighted by atomic mass is 16.6. The Bertz CT molecular complexity index is 3560. The van der Waals surface area contributed by atoms with Crippen LogP contribution in [0.2, 0.25) is 0 Å². The van der Waals surface area contributed by atoms with Crippen LogP contribution in [-0.2, 0) is 86.5 Å².